The van der Waals surface area contributed by atoms with Crippen molar-refractivity contribution in [3.8, 4) is 17.6 Å². The molecule has 0 heterocycles. The highest BCUT2D eigenvalue weighted by atomic mass is 16.5. The Balaban J connectivity index is 2.20. The van der Waals surface area contributed by atoms with Crippen LogP contribution in [0.2, 0.25) is 0 Å². The fraction of sp³-hybridized carbons (Fsp3) is 0.600. The molecule has 0 unspecified atom stereocenters. The minimum atomic E-state index is -0.952. The molecule has 0 aliphatic carbocycles. The van der Waals surface area contributed by atoms with Crippen LogP contribution < -0.4 is 4.74 Å². The summed E-state index contributed by atoms with van der Waals surface area (Å²) in [6, 6.07) is 7.74. The van der Waals surface area contributed by atoms with Crippen molar-refractivity contribution in [2.75, 3.05) is 6.61 Å². The molecule has 1 rings (SSSR count). The predicted molar refractivity (Wildman–Crippen MR) is 93.1 cm³/mol. The van der Waals surface area contributed by atoms with Gasteiger partial charge in [0.2, 0.25) is 0 Å². The van der Waals surface area contributed by atoms with E-state index in [1.54, 1.807) is 13.8 Å². The van der Waals surface area contributed by atoms with E-state index < -0.39 is 5.60 Å². The van der Waals surface area contributed by atoms with Crippen molar-refractivity contribution in [2.24, 2.45) is 0 Å². The third kappa shape index (κ3) is 9.47. The summed E-state index contributed by atoms with van der Waals surface area (Å²) in [5, 5.41) is 9.57. The molecule has 0 saturated heterocycles. The summed E-state index contributed by atoms with van der Waals surface area (Å²) in [5.41, 5.74) is -0.0582. The lowest BCUT2D eigenvalue weighted by atomic mass is 10.1. The monoisotopic (exact) mass is 302 g/mol. The van der Waals surface area contributed by atoms with Gasteiger partial charge in [-0.2, -0.15) is 0 Å². The van der Waals surface area contributed by atoms with Crippen molar-refractivity contribution in [1.82, 2.24) is 0 Å². The second-order valence-electron chi connectivity index (χ2n) is 6.30. The molecule has 0 radical (unpaired) electrons. The Morgan fingerprint density at radius 3 is 2.14 bits per heavy atom. The van der Waals surface area contributed by atoms with Gasteiger partial charge in [-0.05, 0) is 44.5 Å². The molecule has 0 saturated carbocycles. The van der Waals surface area contributed by atoms with Gasteiger partial charge in [-0.1, -0.05) is 57.3 Å². The maximum atomic E-state index is 9.57. The average molecular weight is 302 g/mol. The highest BCUT2D eigenvalue weighted by Crippen LogP contribution is 2.13. The first-order valence-corrected chi connectivity index (χ1v) is 8.49. The molecular formula is C20H30O2. The summed E-state index contributed by atoms with van der Waals surface area (Å²) in [6.45, 7) is 6.39. The molecule has 2 heteroatoms. The lowest BCUT2D eigenvalue weighted by Crippen LogP contribution is -2.14. The first kappa shape index (κ1) is 18.6. The highest BCUT2D eigenvalue weighted by molar-refractivity contribution is 5.39. The summed E-state index contributed by atoms with van der Waals surface area (Å²) in [4.78, 5) is 0. The topological polar surface area (TPSA) is 29.5 Å². The minimum Gasteiger partial charge on any atom is -0.494 e. The molecule has 0 fully saturated rings. The Labute approximate surface area is 135 Å². The van der Waals surface area contributed by atoms with Crippen LogP contribution in [0.3, 0.4) is 0 Å². The molecule has 0 atom stereocenters. The summed E-state index contributed by atoms with van der Waals surface area (Å²) >= 11 is 0. The summed E-state index contributed by atoms with van der Waals surface area (Å²) in [5.74, 6) is 6.65. The van der Waals surface area contributed by atoms with E-state index in [4.69, 9.17) is 4.74 Å². The highest BCUT2D eigenvalue weighted by Gasteiger charge is 2.05. The van der Waals surface area contributed by atoms with Crippen LogP contribution in [0.5, 0.6) is 5.75 Å². The summed E-state index contributed by atoms with van der Waals surface area (Å²) < 4.78 is 5.74. The van der Waals surface area contributed by atoms with E-state index in [-0.39, 0.29) is 0 Å². The second kappa shape index (κ2) is 10.3. The van der Waals surface area contributed by atoms with E-state index >= 15 is 0 Å². The van der Waals surface area contributed by atoms with Crippen LogP contribution in [-0.4, -0.2) is 17.3 Å². The van der Waals surface area contributed by atoms with Crippen molar-refractivity contribution in [3.05, 3.63) is 29.8 Å². The van der Waals surface area contributed by atoms with Gasteiger partial charge in [0.25, 0.3) is 0 Å². The summed E-state index contributed by atoms with van der Waals surface area (Å²) in [7, 11) is 0. The van der Waals surface area contributed by atoms with E-state index in [1.165, 1.54) is 38.5 Å². The molecule has 1 aromatic rings. The van der Waals surface area contributed by atoms with Crippen molar-refractivity contribution in [1.29, 1.82) is 0 Å². The first-order chi connectivity index (χ1) is 10.5. The molecule has 2 nitrogen and oxygen atoms in total. The SMILES string of the molecule is CCCCCCCCCOc1ccc(C#CC(C)(C)O)cc1. The lowest BCUT2D eigenvalue weighted by Gasteiger charge is -2.07. The molecule has 0 amide bonds. The third-order valence-electron chi connectivity index (χ3n) is 3.38. The van der Waals surface area contributed by atoms with Crippen molar-refractivity contribution in [2.45, 2.75) is 71.3 Å². The second-order valence-corrected chi connectivity index (χ2v) is 6.30. The lowest BCUT2D eigenvalue weighted by molar-refractivity contribution is 0.143. The van der Waals surface area contributed by atoms with E-state index in [1.807, 2.05) is 24.3 Å². The van der Waals surface area contributed by atoms with E-state index in [0.717, 1.165) is 24.3 Å². The molecule has 0 bridgehead atoms. The maximum absolute atomic E-state index is 9.57. The fourth-order valence-corrected chi connectivity index (χ4v) is 2.11. The van der Waals surface area contributed by atoms with Crippen LogP contribution in [0, 0.1) is 11.8 Å². The quantitative estimate of drug-likeness (QED) is 0.517. The molecule has 0 aliphatic heterocycles. The molecule has 1 aromatic carbocycles. The van der Waals surface area contributed by atoms with E-state index in [2.05, 4.69) is 18.8 Å². The van der Waals surface area contributed by atoms with Gasteiger partial charge in [0.15, 0.2) is 0 Å². The normalized spacial score (nSPS) is 10.9. The Hall–Kier alpha value is -1.46. The number of ether oxygens (including phenoxy) is 1. The zero-order valence-electron chi connectivity index (χ0n) is 14.3. The Bertz CT molecular complexity index is 457. The Morgan fingerprint density at radius 1 is 0.955 bits per heavy atom. The number of hydrogen-bond donors (Lipinski definition) is 1. The van der Waals surface area contributed by atoms with Crippen LogP contribution >= 0.6 is 0 Å². The maximum Gasteiger partial charge on any atom is 0.120 e. The van der Waals surface area contributed by atoms with Gasteiger partial charge in [-0.25, -0.2) is 0 Å². The van der Waals surface area contributed by atoms with Crippen molar-refractivity contribution in [3.63, 3.8) is 0 Å². The number of rotatable bonds is 9. The van der Waals surface area contributed by atoms with Gasteiger partial charge in [0, 0.05) is 5.56 Å². The van der Waals surface area contributed by atoms with Crippen LogP contribution in [0.15, 0.2) is 24.3 Å². The van der Waals surface area contributed by atoms with Gasteiger partial charge in [0.1, 0.15) is 11.4 Å². The smallest absolute Gasteiger partial charge is 0.120 e. The van der Waals surface area contributed by atoms with E-state index in [0.29, 0.717) is 0 Å². The first-order valence-electron chi connectivity index (χ1n) is 8.49. The predicted octanol–water partition coefficient (Wildman–Crippen LogP) is 4.94. The number of benzene rings is 1. The molecule has 0 spiro atoms. The van der Waals surface area contributed by atoms with Gasteiger partial charge >= 0.3 is 0 Å². The number of aliphatic hydroxyl groups is 1. The van der Waals surface area contributed by atoms with Gasteiger partial charge < -0.3 is 9.84 Å². The summed E-state index contributed by atoms with van der Waals surface area (Å²) in [6.07, 6.45) is 9.06. The van der Waals surface area contributed by atoms with Crippen molar-refractivity contribution < 1.29 is 9.84 Å². The molecule has 0 aromatic heterocycles. The van der Waals surface area contributed by atoms with Gasteiger partial charge in [-0.15, -0.1) is 0 Å². The molecule has 122 valence electrons. The number of hydrogen-bond acceptors (Lipinski definition) is 2. The largest absolute Gasteiger partial charge is 0.494 e. The zero-order valence-corrected chi connectivity index (χ0v) is 14.3. The Kier molecular flexibility index (Phi) is 8.70. The molecular weight excluding hydrogens is 272 g/mol. The van der Waals surface area contributed by atoms with Crippen LogP contribution in [0.1, 0.15) is 71.3 Å². The third-order valence-corrected chi connectivity index (χ3v) is 3.38. The molecule has 1 N–H and O–H groups in total. The average Bonchev–Trinajstić information content (AvgIpc) is 2.48. The van der Waals surface area contributed by atoms with E-state index in [9.17, 15) is 5.11 Å². The van der Waals surface area contributed by atoms with Gasteiger partial charge in [0.05, 0.1) is 6.61 Å². The standard InChI is InChI=1S/C20H30O2/c1-4-5-6-7-8-9-10-17-22-19-13-11-18(12-14-19)15-16-20(2,3)21/h11-14,21H,4-10,17H2,1-3H3. The minimum absolute atomic E-state index is 0.780. The molecule has 22 heavy (non-hydrogen) atoms. The van der Waals surface area contributed by atoms with Crippen molar-refractivity contribution >= 4 is 0 Å². The van der Waals surface area contributed by atoms with Gasteiger partial charge in [-0.3, -0.25) is 0 Å². The number of unbranched alkanes of at least 4 members (excludes halogenated alkanes) is 6. The fourth-order valence-electron chi connectivity index (χ4n) is 2.11. The Morgan fingerprint density at radius 2 is 1.55 bits per heavy atom. The van der Waals surface area contributed by atoms with Crippen LogP contribution in [-0.2, 0) is 0 Å². The van der Waals surface area contributed by atoms with Crippen LogP contribution in [0.4, 0.5) is 0 Å². The van der Waals surface area contributed by atoms with Crippen LogP contribution in [0.25, 0.3) is 0 Å². The molecule has 0 aliphatic rings. The zero-order chi connectivity index (χ0) is 16.3.